The summed E-state index contributed by atoms with van der Waals surface area (Å²) in [6.07, 6.45) is 1.29. The lowest BCUT2D eigenvalue weighted by atomic mass is 9.89. The number of halogens is 1. The first-order valence-electron chi connectivity index (χ1n) is 5.93. The second kappa shape index (κ2) is 5.64. The minimum atomic E-state index is -3.61. The zero-order valence-corrected chi connectivity index (χ0v) is 13.4. The number of sulfonamides is 1. The molecule has 0 spiro atoms. The van der Waals surface area contributed by atoms with E-state index < -0.39 is 10.0 Å². The number of nitrogens with one attached hydrogen (secondary N) is 2. The van der Waals surface area contributed by atoms with Gasteiger partial charge < -0.3 is 5.32 Å². The lowest BCUT2D eigenvalue weighted by molar-refractivity contribution is 0.317. The molecule has 5 nitrogen and oxygen atoms in total. The summed E-state index contributed by atoms with van der Waals surface area (Å²) in [5.74, 6) is 0.449. The Morgan fingerprint density at radius 2 is 1.95 bits per heavy atom. The van der Waals surface area contributed by atoms with E-state index in [1.807, 2.05) is 27.7 Å². The van der Waals surface area contributed by atoms with Crippen LogP contribution in [0.2, 0.25) is 5.02 Å². The van der Waals surface area contributed by atoms with Crippen LogP contribution in [-0.2, 0) is 10.0 Å². The quantitative estimate of drug-likeness (QED) is 0.896. The van der Waals surface area contributed by atoms with Crippen molar-refractivity contribution in [3.8, 4) is 0 Å². The van der Waals surface area contributed by atoms with Crippen LogP contribution in [0.4, 0.5) is 5.82 Å². The van der Waals surface area contributed by atoms with Crippen molar-refractivity contribution in [2.24, 2.45) is 5.41 Å². The minimum Gasteiger partial charge on any atom is -0.372 e. The smallest absolute Gasteiger partial charge is 0.242 e. The van der Waals surface area contributed by atoms with Crippen molar-refractivity contribution >= 4 is 27.4 Å². The third kappa shape index (κ3) is 4.06. The average molecular weight is 306 g/mol. The molecule has 0 amide bonds. The molecule has 19 heavy (non-hydrogen) atoms. The van der Waals surface area contributed by atoms with Crippen LogP contribution in [0.3, 0.4) is 0 Å². The number of rotatable bonds is 4. The molecule has 0 aliphatic heterocycles. The molecule has 7 heteroatoms. The van der Waals surface area contributed by atoms with E-state index in [1.165, 1.54) is 12.3 Å². The Labute approximate surface area is 119 Å². The van der Waals surface area contributed by atoms with Crippen molar-refractivity contribution in [1.82, 2.24) is 9.71 Å². The number of pyridine rings is 1. The molecule has 0 radical (unpaired) electrons. The van der Waals surface area contributed by atoms with E-state index >= 15 is 0 Å². The highest BCUT2D eigenvalue weighted by Gasteiger charge is 2.26. The molecule has 1 unspecified atom stereocenters. The maximum absolute atomic E-state index is 12.2. The molecule has 1 heterocycles. The molecule has 2 N–H and O–H groups in total. The average Bonchev–Trinajstić information content (AvgIpc) is 2.27. The Kier molecular flexibility index (Phi) is 4.81. The maximum atomic E-state index is 12.2. The van der Waals surface area contributed by atoms with Gasteiger partial charge in [-0.15, -0.1) is 0 Å². The number of hydrogen-bond acceptors (Lipinski definition) is 4. The fourth-order valence-corrected chi connectivity index (χ4v) is 2.97. The lowest BCUT2D eigenvalue weighted by Gasteiger charge is -2.27. The molecule has 1 aromatic heterocycles. The highest BCUT2D eigenvalue weighted by molar-refractivity contribution is 7.89. The van der Waals surface area contributed by atoms with Crippen LogP contribution in [-0.4, -0.2) is 26.5 Å². The Balaban J connectivity index is 3.05. The lowest BCUT2D eigenvalue weighted by Crippen LogP contribution is -2.41. The van der Waals surface area contributed by atoms with Gasteiger partial charge >= 0.3 is 0 Å². The third-order valence-electron chi connectivity index (χ3n) is 2.99. The molecule has 0 fully saturated rings. The van der Waals surface area contributed by atoms with Crippen molar-refractivity contribution in [1.29, 1.82) is 0 Å². The molecule has 0 bridgehead atoms. The van der Waals surface area contributed by atoms with Gasteiger partial charge in [-0.05, 0) is 18.4 Å². The normalized spacial score (nSPS) is 14.2. The summed E-state index contributed by atoms with van der Waals surface area (Å²) in [4.78, 5) is 4.03. The second-order valence-corrected chi connectivity index (χ2v) is 7.58. The Hall–Kier alpha value is -0.850. The van der Waals surface area contributed by atoms with Crippen molar-refractivity contribution < 1.29 is 8.42 Å². The molecule has 1 aromatic rings. The monoisotopic (exact) mass is 305 g/mol. The number of anilines is 1. The highest BCUT2D eigenvalue weighted by atomic mass is 35.5. The molecule has 0 aliphatic rings. The molecular formula is C12H20ClN3O2S. The number of nitrogens with zero attached hydrogens (tertiary/aromatic N) is 1. The van der Waals surface area contributed by atoms with Crippen LogP contribution in [0.25, 0.3) is 0 Å². The summed E-state index contributed by atoms with van der Waals surface area (Å²) in [5.41, 5.74) is -0.171. The van der Waals surface area contributed by atoms with Crippen LogP contribution in [0.1, 0.15) is 27.7 Å². The SMILES string of the molecule is CNc1ncc(S(=O)(=O)NC(C)C(C)(C)C)cc1Cl. The Bertz CT molecular complexity index is 553. The zero-order valence-electron chi connectivity index (χ0n) is 11.8. The molecule has 1 atom stereocenters. The van der Waals surface area contributed by atoms with E-state index in [4.69, 9.17) is 11.6 Å². The van der Waals surface area contributed by atoms with Crippen LogP contribution < -0.4 is 10.0 Å². The van der Waals surface area contributed by atoms with Gasteiger partial charge in [0.05, 0.1) is 5.02 Å². The van der Waals surface area contributed by atoms with Gasteiger partial charge in [-0.2, -0.15) is 0 Å². The Morgan fingerprint density at radius 1 is 1.37 bits per heavy atom. The first kappa shape index (κ1) is 16.2. The topological polar surface area (TPSA) is 71.1 Å². The second-order valence-electron chi connectivity index (χ2n) is 5.46. The molecule has 108 valence electrons. The van der Waals surface area contributed by atoms with Gasteiger partial charge in [-0.1, -0.05) is 32.4 Å². The van der Waals surface area contributed by atoms with E-state index in [0.717, 1.165) is 0 Å². The highest BCUT2D eigenvalue weighted by Crippen LogP contribution is 2.24. The first-order valence-corrected chi connectivity index (χ1v) is 7.79. The fourth-order valence-electron chi connectivity index (χ4n) is 1.23. The van der Waals surface area contributed by atoms with Gasteiger partial charge in [0.25, 0.3) is 0 Å². The van der Waals surface area contributed by atoms with Gasteiger partial charge in [0, 0.05) is 19.3 Å². The summed E-state index contributed by atoms with van der Waals surface area (Å²) >= 11 is 5.94. The van der Waals surface area contributed by atoms with Crippen LogP contribution in [0, 0.1) is 5.41 Å². The predicted molar refractivity (Wildman–Crippen MR) is 78.0 cm³/mol. The Morgan fingerprint density at radius 3 is 2.37 bits per heavy atom. The number of hydrogen-bond donors (Lipinski definition) is 2. The number of aromatic nitrogens is 1. The molecule has 0 saturated carbocycles. The van der Waals surface area contributed by atoms with Gasteiger partial charge in [-0.3, -0.25) is 0 Å². The van der Waals surface area contributed by atoms with Crippen LogP contribution >= 0.6 is 11.6 Å². The van der Waals surface area contributed by atoms with Crippen LogP contribution in [0.15, 0.2) is 17.2 Å². The van der Waals surface area contributed by atoms with E-state index in [0.29, 0.717) is 5.82 Å². The van der Waals surface area contributed by atoms with Gasteiger partial charge in [0.15, 0.2) is 0 Å². The van der Waals surface area contributed by atoms with E-state index in [-0.39, 0.29) is 21.4 Å². The molecule has 0 aromatic carbocycles. The summed E-state index contributed by atoms with van der Waals surface area (Å²) < 4.78 is 27.1. The van der Waals surface area contributed by atoms with Crippen molar-refractivity contribution in [3.63, 3.8) is 0 Å². The van der Waals surface area contributed by atoms with E-state index in [9.17, 15) is 8.42 Å². The minimum absolute atomic E-state index is 0.0626. The predicted octanol–water partition coefficient (Wildman–Crippen LogP) is 2.49. The van der Waals surface area contributed by atoms with Crippen molar-refractivity contribution in [2.45, 2.75) is 38.6 Å². The summed E-state index contributed by atoms with van der Waals surface area (Å²) in [7, 11) is -1.95. The molecule has 0 saturated heterocycles. The molecular weight excluding hydrogens is 286 g/mol. The van der Waals surface area contributed by atoms with Crippen molar-refractivity contribution in [2.75, 3.05) is 12.4 Å². The molecule has 0 aliphatic carbocycles. The summed E-state index contributed by atoms with van der Waals surface area (Å²) in [6.45, 7) is 7.73. The first-order chi connectivity index (χ1) is 8.58. The standard InChI is InChI=1S/C12H20ClN3O2S/c1-8(12(2,3)4)16-19(17,18)9-6-10(13)11(14-5)15-7-9/h6-8,16H,1-5H3,(H,14,15). The van der Waals surface area contributed by atoms with Crippen molar-refractivity contribution in [3.05, 3.63) is 17.3 Å². The summed E-state index contributed by atoms with van der Waals surface area (Å²) in [6, 6.07) is 1.18. The third-order valence-corrected chi connectivity index (χ3v) is 4.79. The van der Waals surface area contributed by atoms with Crippen LogP contribution in [0.5, 0.6) is 0 Å². The van der Waals surface area contributed by atoms with E-state index in [1.54, 1.807) is 7.05 Å². The maximum Gasteiger partial charge on any atom is 0.242 e. The molecule has 1 rings (SSSR count). The fraction of sp³-hybridized carbons (Fsp3) is 0.583. The van der Waals surface area contributed by atoms with Gasteiger partial charge in [0.1, 0.15) is 10.7 Å². The summed E-state index contributed by atoms with van der Waals surface area (Å²) in [5, 5.41) is 3.05. The van der Waals surface area contributed by atoms with E-state index in [2.05, 4.69) is 15.0 Å². The van der Waals surface area contributed by atoms with Gasteiger partial charge in [-0.25, -0.2) is 18.1 Å². The zero-order chi connectivity index (χ0) is 14.8. The van der Waals surface area contributed by atoms with Gasteiger partial charge in [0.2, 0.25) is 10.0 Å². The largest absolute Gasteiger partial charge is 0.372 e.